The van der Waals surface area contributed by atoms with Crippen LogP contribution in [-0.4, -0.2) is 15.0 Å². The zero-order valence-corrected chi connectivity index (χ0v) is 15.0. The molecule has 0 aromatic carbocycles. The third-order valence-corrected chi connectivity index (χ3v) is 5.39. The average molecular weight is 332 g/mol. The molecule has 0 spiro atoms. The second kappa shape index (κ2) is 8.15. The third-order valence-electron chi connectivity index (χ3n) is 3.00. The van der Waals surface area contributed by atoms with Crippen LogP contribution in [0.5, 0.6) is 0 Å². The van der Waals surface area contributed by atoms with Gasteiger partial charge in [0.05, 0.1) is 11.2 Å². The van der Waals surface area contributed by atoms with Gasteiger partial charge in [-0.15, -0.1) is 22.7 Å². The Balaban J connectivity index is 0.000000188. The number of hydrogen-bond acceptors (Lipinski definition) is 5. The molecule has 0 saturated carbocycles. The highest BCUT2D eigenvalue weighted by molar-refractivity contribution is 7.15. The van der Waals surface area contributed by atoms with Crippen LogP contribution in [0.25, 0.3) is 10.7 Å². The van der Waals surface area contributed by atoms with Gasteiger partial charge in [0.15, 0.2) is 0 Å². The number of thiazole rings is 2. The lowest BCUT2D eigenvalue weighted by atomic mass is 10.2. The van der Waals surface area contributed by atoms with Crippen LogP contribution in [0.3, 0.4) is 0 Å². The normalized spacial score (nSPS) is 10.6. The standard InChI is InChI=1S/C11H12N2S.C6H9NS/c1-8(2)10-7-13-11(14-10)9-5-3-4-6-12-9;1-5(2)6-3-7-4-8-6/h3-8H,1-2H3;3-5H,1-2H3. The summed E-state index contributed by atoms with van der Waals surface area (Å²) in [5, 5.41) is 1.01. The van der Waals surface area contributed by atoms with Crippen molar-refractivity contribution in [3.05, 3.63) is 52.1 Å². The Morgan fingerprint density at radius 1 is 0.909 bits per heavy atom. The number of nitrogens with zero attached hydrogens (tertiary/aromatic N) is 3. The first-order chi connectivity index (χ1) is 10.6. The molecule has 0 fully saturated rings. The molecular weight excluding hydrogens is 310 g/mol. The van der Waals surface area contributed by atoms with E-state index >= 15 is 0 Å². The topological polar surface area (TPSA) is 38.7 Å². The Kier molecular flexibility index (Phi) is 6.21. The van der Waals surface area contributed by atoms with Gasteiger partial charge in [-0.05, 0) is 24.0 Å². The van der Waals surface area contributed by atoms with E-state index in [1.54, 1.807) is 28.9 Å². The molecule has 0 saturated heterocycles. The number of aromatic nitrogens is 3. The second-order valence-electron chi connectivity index (χ2n) is 5.50. The Morgan fingerprint density at radius 2 is 1.68 bits per heavy atom. The molecular formula is C17H21N3S2. The van der Waals surface area contributed by atoms with Crippen molar-refractivity contribution in [2.24, 2.45) is 0 Å². The van der Waals surface area contributed by atoms with Crippen molar-refractivity contribution in [3.8, 4) is 10.7 Å². The van der Waals surface area contributed by atoms with E-state index in [9.17, 15) is 0 Å². The number of hydrogen-bond donors (Lipinski definition) is 0. The maximum absolute atomic E-state index is 4.36. The third kappa shape index (κ3) is 4.71. The van der Waals surface area contributed by atoms with E-state index < -0.39 is 0 Å². The van der Waals surface area contributed by atoms with Crippen molar-refractivity contribution in [1.82, 2.24) is 15.0 Å². The van der Waals surface area contributed by atoms with Crippen LogP contribution < -0.4 is 0 Å². The van der Waals surface area contributed by atoms with Gasteiger partial charge in [0.2, 0.25) is 0 Å². The van der Waals surface area contributed by atoms with Crippen LogP contribution in [0, 0.1) is 0 Å². The predicted octanol–water partition coefficient (Wildman–Crippen LogP) is 5.60. The molecule has 0 aliphatic carbocycles. The summed E-state index contributed by atoms with van der Waals surface area (Å²) in [5.41, 5.74) is 2.83. The van der Waals surface area contributed by atoms with Gasteiger partial charge < -0.3 is 0 Å². The second-order valence-corrected chi connectivity index (χ2v) is 7.48. The molecule has 5 heteroatoms. The fourth-order valence-electron chi connectivity index (χ4n) is 1.67. The molecule has 3 nitrogen and oxygen atoms in total. The summed E-state index contributed by atoms with van der Waals surface area (Å²) < 4.78 is 0. The van der Waals surface area contributed by atoms with Gasteiger partial charge in [-0.3, -0.25) is 9.97 Å². The zero-order chi connectivity index (χ0) is 15.9. The van der Waals surface area contributed by atoms with Crippen molar-refractivity contribution in [2.45, 2.75) is 39.5 Å². The van der Waals surface area contributed by atoms with Crippen LogP contribution in [0.15, 0.2) is 42.3 Å². The number of rotatable bonds is 3. The summed E-state index contributed by atoms with van der Waals surface area (Å²) in [6, 6.07) is 5.89. The molecule has 0 radical (unpaired) electrons. The molecule has 0 N–H and O–H groups in total. The van der Waals surface area contributed by atoms with Crippen molar-refractivity contribution in [3.63, 3.8) is 0 Å². The van der Waals surface area contributed by atoms with E-state index in [-0.39, 0.29) is 0 Å². The lowest BCUT2D eigenvalue weighted by Gasteiger charge is -1.96. The van der Waals surface area contributed by atoms with E-state index in [2.05, 4.69) is 42.6 Å². The molecule has 0 amide bonds. The quantitative estimate of drug-likeness (QED) is 0.627. The van der Waals surface area contributed by atoms with Gasteiger partial charge in [0.25, 0.3) is 0 Å². The minimum atomic E-state index is 0.546. The molecule has 3 aromatic rings. The van der Waals surface area contributed by atoms with Gasteiger partial charge in [0, 0.05) is 28.3 Å². The fourth-order valence-corrected chi connectivity index (χ4v) is 3.20. The highest BCUT2D eigenvalue weighted by Gasteiger charge is 2.07. The molecule has 22 heavy (non-hydrogen) atoms. The highest BCUT2D eigenvalue weighted by Crippen LogP contribution is 2.27. The van der Waals surface area contributed by atoms with E-state index in [0.717, 1.165) is 10.7 Å². The van der Waals surface area contributed by atoms with Crippen molar-refractivity contribution < 1.29 is 0 Å². The summed E-state index contributed by atoms with van der Waals surface area (Å²) in [6.45, 7) is 8.70. The Bertz CT molecular complexity index is 658. The Labute approximate surface area is 140 Å². The summed E-state index contributed by atoms with van der Waals surface area (Å²) >= 11 is 3.44. The van der Waals surface area contributed by atoms with Gasteiger partial charge in [-0.25, -0.2) is 4.98 Å². The fraction of sp³-hybridized carbons (Fsp3) is 0.353. The van der Waals surface area contributed by atoms with Gasteiger partial charge in [0.1, 0.15) is 5.01 Å². The van der Waals surface area contributed by atoms with Crippen molar-refractivity contribution >= 4 is 22.7 Å². The van der Waals surface area contributed by atoms with Crippen molar-refractivity contribution in [2.75, 3.05) is 0 Å². The van der Waals surface area contributed by atoms with E-state index in [4.69, 9.17) is 0 Å². The first kappa shape index (κ1) is 16.8. The zero-order valence-electron chi connectivity index (χ0n) is 13.4. The highest BCUT2D eigenvalue weighted by atomic mass is 32.1. The average Bonchev–Trinajstić information content (AvgIpc) is 3.21. The van der Waals surface area contributed by atoms with Gasteiger partial charge >= 0.3 is 0 Å². The Morgan fingerprint density at radius 3 is 2.14 bits per heavy atom. The monoisotopic (exact) mass is 331 g/mol. The largest absolute Gasteiger partial charge is 0.254 e. The van der Waals surface area contributed by atoms with Crippen LogP contribution in [-0.2, 0) is 0 Å². The molecule has 0 aliphatic rings. The molecule has 0 bridgehead atoms. The molecule has 3 rings (SSSR count). The smallest absolute Gasteiger partial charge is 0.142 e. The summed E-state index contributed by atoms with van der Waals surface area (Å²) in [6.07, 6.45) is 5.67. The van der Waals surface area contributed by atoms with E-state index in [0.29, 0.717) is 11.8 Å². The molecule has 3 aromatic heterocycles. The van der Waals surface area contributed by atoms with Crippen LogP contribution >= 0.6 is 22.7 Å². The number of pyridine rings is 1. The maximum Gasteiger partial charge on any atom is 0.142 e. The Hall–Kier alpha value is -1.59. The molecule has 0 atom stereocenters. The lowest BCUT2D eigenvalue weighted by Crippen LogP contribution is -1.78. The minimum Gasteiger partial charge on any atom is -0.254 e. The SMILES string of the molecule is CC(C)c1cnc(-c2ccccn2)s1.CC(C)c1cncs1. The first-order valence-corrected chi connectivity index (χ1v) is 9.03. The first-order valence-electron chi connectivity index (χ1n) is 7.33. The van der Waals surface area contributed by atoms with Crippen LogP contribution in [0.1, 0.15) is 49.3 Å². The van der Waals surface area contributed by atoms with Crippen LogP contribution in [0.2, 0.25) is 0 Å². The van der Waals surface area contributed by atoms with E-state index in [1.807, 2.05) is 36.1 Å². The maximum atomic E-state index is 4.36. The minimum absolute atomic E-state index is 0.546. The molecule has 116 valence electrons. The van der Waals surface area contributed by atoms with E-state index in [1.165, 1.54) is 9.75 Å². The molecule has 0 unspecified atom stereocenters. The molecule has 0 aliphatic heterocycles. The van der Waals surface area contributed by atoms with Gasteiger partial charge in [-0.2, -0.15) is 0 Å². The summed E-state index contributed by atoms with van der Waals surface area (Å²) in [5.74, 6) is 1.19. The van der Waals surface area contributed by atoms with Crippen molar-refractivity contribution in [1.29, 1.82) is 0 Å². The lowest BCUT2D eigenvalue weighted by molar-refractivity contribution is 0.885. The summed E-state index contributed by atoms with van der Waals surface area (Å²) in [7, 11) is 0. The summed E-state index contributed by atoms with van der Waals surface area (Å²) in [4.78, 5) is 15.3. The predicted molar refractivity (Wildman–Crippen MR) is 95.6 cm³/mol. The van der Waals surface area contributed by atoms with Crippen LogP contribution in [0.4, 0.5) is 0 Å². The van der Waals surface area contributed by atoms with Gasteiger partial charge in [-0.1, -0.05) is 33.8 Å². The molecule has 3 heterocycles.